The van der Waals surface area contributed by atoms with Gasteiger partial charge in [0, 0.05) is 6.42 Å². The number of aliphatic carboxylic acids is 1. The Morgan fingerprint density at radius 1 is 1.05 bits per heavy atom. The topological polar surface area (TPSA) is 52.9 Å². The molecule has 1 atom stereocenters. The highest BCUT2D eigenvalue weighted by atomic mass is 16.4. The van der Waals surface area contributed by atoms with E-state index in [0.717, 1.165) is 11.3 Å². The summed E-state index contributed by atoms with van der Waals surface area (Å²) in [6, 6.07) is 19.4. The van der Waals surface area contributed by atoms with Crippen molar-refractivity contribution < 1.29 is 9.90 Å². The van der Waals surface area contributed by atoms with E-state index in [1.54, 1.807) is 5.01 Å². The molecule has 0 saturated heterocycles. The van der Waals surface area contributed by atoms with Gasteiger partial charge in [0.2, 0.25) is 0 Å². The van der Waals surface area contributed by atoms with E-state index in [1.807, 2.05) is 60.7 Å². The smallest absolute Gasteiger partial charge is 0.352 e. The highest BCUT2D eigenvalue weighted by Gasteiger charge is 2.31. The van der Waals surface area contributed by atoms with Crippen LogP contribution >= 0.6 is 0 Å². The van der Waals surface area contributed by atoms with Crippen molar-refractivity contribution in [2.75, 3.05) is 5.01 Å². The Bertz CT molecular complexity index is 638. The molecule has 0 amide bonds. The van der Waals surface area contributed by atoms with Crippen LogP contribution in [0, 0.1) is 0 Å². The molecule has 0 fully saturated rings. The Hall–Kier alpha value is -2.62. The summed E-state index contributed by atoms with van der Waals surface area (Å²) in [6.45, 7) is 0. The molecule has 2 aromatic rings. The molecule has 0 aromatic heterocycles. The number of nitrogens with zero attached hydrogens (tertiary/aromatic N) is 2. The minimum atomic E-state index is -0.954. The van der Waals surface area contributed by atoms with Crippen molar-refractivity contribution in [2.24, 2.45) is 5.10 Å². The molecule has 2 aromatic carbocycles. The van der Waals surface area contributed by atoms with Gasteiger partial charge in [0.25, 0.3) is 0 Å². The molecule has 0 radical (unpaired) electrons. The molecule has 0 bridgehead atoms. The predicted molar refractivity (Wildman–Crippen MR) is 77.8 cm³/mol. The Morgan fingerprint density at radius 3 is 2.25 bits per heavy atom. The van der Waals surface area contributed by atoms with Crippen LogP contribution in [0.1, 0.15) is 18.0 Å². The molecule has 3 rings (SSSR count). The molecule has 1 heterocycles. The normalized spacial score (nSPS) is 17.9. The maximum atomic E-state index is 11.2. The lowest BCUT2D eigenvalue weighted by molar-refractivity contribution is -0.129. The summed E-state index contributed by atoms with van der Waals surface area (Å²) in [6.07, 6.45) is 0.411. The summed E-state index contributed by atoms with van der Waals surface area (Å²) in [5, 5.41) is 15.2. The van der Waals surface area contributed by atoms with Crippen LogP contribution in [0.4, 0.5) is 5.69 Å². The maximum absolute atomic E-state index is 11.2. The molecule has 4 nitrogen and oxygen atoms in total. The number of anilines is 1. The van der Waals surface area contributed by atoms with Crippen LogP contribution in [-0.2, 0) is 4.79 Å². The summed E-state index contributed by atoms with van der Waals surface area (Å²) in [7, 11) is 0. The van der Waals surface area contributed by atoms with Crippen LogP contribution in [0.3, 0.4) is 0 Å². The Kier molecular flexibility index (Phi) is 3.21. The van der Waals surface area contributed by atoms with E-state index in [-0.39, 0.29) is 11.8 Å². The Balaban J connectivity index is 2.00. The van der Waals surface area contributed by atoms with E-state index in [9.17, 15) is 9.90 Å². The maximum Gasteiger partial charge on any atom is 0.352 e. The van der Waals surface area contributed by atoms with Crippen molar-refractivity contribution >= 4 is 17.4 Å². The van der Waals surface area contributed by atoms with Crippen molar-refractivity contribution in [1.29, 1.82) is 0 Å². The fourth-order valence-corrected chi connectivity index (χ4v) is 2.39. The molecule has 1 N–H and O–H groups in total. The monoisotopic (exact) mass is 266 g/mol. The number of para-hydroxylation sites is 1. The third-order valence-electron chi connectivity index (χ3n) is 3.36. The first-order valence-electron chi connectivity index (χ1n) is 6.45. The van der Waals surface area contributed by atoms with Crippen molar-refractivity contribution in [2.45, 2.75) is 12.5 Å². The van der Waals surface area contributed by atoms with E-state index in [4.69, 9.17) is 0 Å². The van der Waals surface area contributed by atoms with Gasteiger partial charge in [0.1, 0.15) is 5.71 Å². The molecule has 100 valence electrons. The van der Waals surface area contributed by atoms with Gasteiger partial charge >= 0.3 is 5.97 Å². The Morgan fingerprint density at radius 2 is 1.65 bits per heavy atom. The number of benzene rings is 2. The second-order valence-electron chi connectivity index (χ2n) is 4.66. The lowest BCUT2D eigenvalue weighted by Gasteiger charge is -2.23. The lowest BCUT2D eigenvalue weighted by atomic mass is 10.0. The summed E-state index contributed by atoms with van der Waals surface area (Å²) >= 11 is 0. The number of carbonyl (C=O) groups is 1. The standard InChI is InChI=1S/C16H14N2O2/c19-16(20)14-11-15(12-7-3-1-4-8-12)18(17-14)13-9-5-2-6-10-13/h1-10,15H,11H2,(H,19,20)/t15-/m0/s1. The number of carboxylic acids is 1. The van der Waals surface area contributed by atoms with E-state index in [0.29, 0.717) is 6.42 Å². The highest BCUT2D eigenvalue weighted by molar-refractivity contribution is 6.36. The minimum absolute atomic E-state index is 0.0651. The van der Waals surface area contributed by atoms with Crippen LogP contribution in [0.2, 0.25) is 0 Å². The van der Waals surface area contributed by atoms with Gasteiger partial charge in [-0.15, -0.1) is 0 Å². The predicted octanol–water partition coefficient (Wildman–Crippen LogP) is 3.08. The summed E-state index contributed by atoms with van der Waals surface area (Å²) in [5.41, 5.74) is 2.16. The van der Waals surface area contributed by atoms with Gasteiger partial charge in [-0.3, -0.25) is 5.01 Å². The first-order valence-corrected chi connectivity index (χ1v) is 6.45. The fourth-order valence-electron chi connectivity index (χ4n) is 2.39. The molecule has 20 heavy (non-hydrogen) atoms. The van der Waals surface area contributed by atoms with Crippen LogP contribution in [0.25, 0.3) is 0 Å². The third-order valence-corrected chi connectivity index (χ3v) is 3.36. The number of hydrazone groups is 1. The van der Waals surface area contributed by atoms with E-state index in [2.05, 4.69) is 5.10 Å². The third kappa shape index (κ3) is 2.28. The molecular formula is C16H14N2O2. The van der Waals surface area contributed by atoms with Crippen LogP contribution in [-0.4, -0.2) is 16.8 Å². The zero-order chi connectivity index (χ0) is 13.9. The van der Waals surface area contributed by atoms with Crippen molar-refractivity contribution in [3.8, 4) is 0 Å². The van der Waals surface area contributed by atoms with Crippen LogP contribution in [0.15, 0.2) is 65.8 Å². The molecule has 1 aliphatic heterocycles. The number of rotatable bonds is 3. The van der Waals surface area contributed by atoms with Gasteiger partial charge in [-0.25, -0.2) is 4.79 Å². The second kappa shape index (κ2) is 5.17. The van der Waals surface area contributed by atoms with E-state index in [1.165, 1.54) is 0 Å². The summed E-state index contributed by atoms with van der Waals surface area (Å²) in [5.74, 6) is -0.954. The van der Waals surface area contributed by atoms with Crippen LogP contribution < -0.4 is 5.01 Å². The molecule has 0 spiro atoms. The van der Waals surface area contributed by atoms with Gasteiger partial charge in [-0.2, -0.15) is 5.10 Å². The molecule has 0 saturated carbocycles. The first kappa shape index (κ1) is 12.4. The number of hydrogen-bond donors (Lipinski definition) is 1. The van der Waals surface area contributed by atoms with Crippen molar-refractivity contribution in [1.82, 2.24) is 0 Å². The first-order chi connectivity index (χ1) is 9.75. The lowest BCUT2D eigenvalue weighted by Crippen LogP contribution is -2.18. The van der Waals surface area contributed by atoms with Gasteiger partial charge in [-0.05, 0) is 17.7 Å². The molecular weight excluding hydrogens is 252 g/mol. The van der Waals surface area contributed by atoms with Gasteiger partial charge in [0.05, 0.1) is 11.7 Å². The second-order valence-corrected chi connectivity index (χ2v) is 4.66. The zero-order valence-electron chi connectivity index (χ0n) is 10.8. The summed E-state index contributed by atoms with van der Waals surface area (Å²) in [4.78, 5) is 11.2. The highest BCUT2D eigenvalue weighted by Crippen LogP contribution is 2.34. The van der Waals surface area contributed by atoms with Crippen molar-refractivity contribution in [3.63, 3.8) is 0 Å². The van der Waals surface area contributed by atoms with E-state index >= 15 is 0 Å². The number of hydrogen-bond acceptors (Lipinski definition) is 3. The van der Waals surface area contributed by atoms with Gasteiger partial charge in [0.15, 0.2) is 0 Å². The van der Waals surface area contributed by atoms with Gasteiger partial charge < -0.3 is 5.11 Å². The number of carboxylic acid groups (broad SMARTS) is 1. The SMILES string of the molecule is O=C(O)C1=NN(c2ccccc2)[C@H](c2ccccc2)C1. The average molecular weight is 266 g/mol. The largest absolute Gasteiger partial charge is 0.477 e. The molecule has 0 unspecified atom stereocenters. The fraction of sp³-hybridized carbons (Fsp3) is 0.125. The van der Waals surface area contributed by atoms with Crippen LogP contribution in [0.5, 0.6) is 0 Å². The Labute approximate surface area is 117 Å². The van der Waals surface area contributed by atoms with E-state index < -0.39 is 5.97 Å². The quantitative estimate of drug-likeness (QED) is 0.928. The minimum Gasteiger partial charge on any atom is -0.477 e. The molecule has 1 aliphatic rings. The van der Waals surface area contributed by atoms with Gasteiger partial charge in [-0.1, -0.05) is 48.5 Å². The molecule has 0 aliphatic carbocycles. The average Bonchev–Trinajstić information content (AvgIpc) is 2.94. The molecule has 4 heteroatoms. The summed E-state index contributed by atoms with van der Waals surface area (Å²) < 4.78 is 0. The van der Waals surface area contributed by atoms with Crippen molar-refractivity contribution in [3.05, 3.63) is 66.2 Å². The zero-order valence-corrected chi connectivity index (χ0v) is 10.8.